The predicted octanol–water partition coefficient (Wildman–Crippen LogP) is 2.49. The van der Waals surface area contributed by atoms with Crippen LogP contribution in [0.5, 0.6) is 0 Å². The highest BCUT2D eigenvalue weighted by molar-refractivity contribution is 7.80. The number of nitriles is 1. The van der Waals surface area contributed by atoms with E-state index in [0.29, 0.717) is 34.1 Å². The summed E-state index contributed by atoms with van der Waals surface area (Å²) in [6.45, 7) is 4.50. The first-order chi connectivity index (χ1) is 11.0. The molecule has 1 saturated carbocycles. The molecule has 1 aliphatic carbocycles. The van der Waals surface area contributed by atoms with E-state index < -0.39 is 0 Å². The van der Waals surface area contributed by atoms with Crippen molar-refractivity contribution in [3.63, 3.8) is 0 Å². The quantitative estimate of drug-likeness (QED) is 0.574. The van der Waals surface area contributed by atoms with Crippen molar-refractivity contribution < 1.29 is 4.79 Å². The van der Waals surface area contributed by atoms with Crippen LogP contribution in [0.15, 0.2) is 24.3 Å². The lowest BCUT2D eigenvalue weighted by molar-refractivity contribution is 0.0943. The van der Waals surface area contributed by atoms with Crippen LogP contribution in [0.1, 0.15) is 49.0 Å². The summed E-state index contributed by atoms with van der Waals surface area (Å²) in [5.41, 5.74) is 6.32. The van der Waals surface area contributed by atoms with Crippen LogP contribution < -0.4 is 16.2 Å². The molecule has 3 N–H and O–H groups in total. The van der Waals surface area contributed by atoms with E-state index >= 15 is 0 Å². The lowest BCUT2D eigenvalue weighted by Crippen LogP contribution is -2.52. The second-order valence-corrected chi connectivity index (χ2v) is 6.52. The minimum atomic E-state index is -0.288. The average molecular weight is 330 g/mol. The topological polar surface area (TPSA) is 76.9 Å². The van der Waals surface area contributed by atoms with E-state index in [1.807, 2.05) is 6.07 Å². The highest BCUT2D eigenvalue weighted by Crippen LogP contribution is 2.29. The van der Waals surface area contributed by atoms with Gasteiger partial charge in [-0.3, -0.25) is 15.6 Å². The Morgan fingerprint density at radius 3 is 2.57 bits per heavy atom. The summed E-state index contributed by atoms with van der Waals surface area (Å²) in [5.74, 6) is 0.943. The predicted molar refractivity (Wildman–Crippen MR) is 93.5 cm³/mol. The van der Waals surface area contributed by atoms with Crippen LogP contribution in [0.3, 0.4) is 0 Å². The van der Waals surface area contributed by atoms with Gasteiger partial charge in [-0.05, 0) is 54.7 Å². The van der Waals surface area contributed by atoms with Crippen LogP contribution in [0.4, 0.5) is 0 Å². The minimum absolute atomic E-state index is 0.288. The van der Waals surface area contributed by atoms with E-state index in [1.54, 1.807) is 24.3 Å². The number of carbonyl (C=O) groups excluding carboxylic acids is 1. The lowest BCUT2D eigenvalue weighted by atomic mass is 9.78. The Labute approximate surface area is 142 Å². The number of nitrogens with zero attached hydrogens (tertiary/aromatic N) is 1. The molecule has 1 aromatic carbocycles. The minimum Gasteiger partial charge on any atom is -0.358 e. The van der Waals surface area contributed by atoms with Crippen molar-refractivity contribution >= 4 is 23.2 Å². The van der Waals surface area contributed by atoms with E-state index in [2.05, 4.69) is 30.0 Å². The van der Waals surface area contributed by atoms with Gasteiger partial charge in [-0.15, -0.1) is 0 Å². The summed E-state index contributed by atoms with van der Waals surface area (Å²) in [5, 5.41) is 12.5. The van der Waals surface area contributed by atoms with Crippen molar-refractivity contribution in [2.75, 3.05) is 0 Å². The molecule has 6 heteroatoms. The van der Waals surface area contributed by atoms with Gasteiger partial charge in [-0.2, -0.15) is 5.26 Å². The van der Waals surface area contributed by atoms with Gasteiger partial charge < -0.3 is 5.32 Å². The molecule has 0 spiro atoms. The molecule has 1 fully saturated rings. The number of hydrogen-bond donors (Lipinski definition) is 3. The van der Waals surface area contributed by atoms with Gasteiger partial charge in [0.2, 0.25) is 0 Å². The Hall–Kier alpha value is -2.13. The van der Waals surface area contributed by atoms with Crippen molar-refractivity contribution in [1.82, 2.24) is 16.2 Å². The highest BCUT2D eigenvalue weighted by Gasteiger charge is 2.27. The zero-order valence-electron chi connectivity index (χ0n) is 13.4. The number of hydrazine groups is 1. The van der Waals surface area contributed by atoms with E-state index in [-0.39, 0.29) is 5.91 Å². The number of amides is 1. The Bertz CT molecular complexity index is 608. The van der Waals surface area contributed by atoms with Gasteiger partial charge >= 0.3 is 0 Å². The third kappa shape index (κ3) is 4.67. The largest absolute Gasteiger partial charge is 0.358 e. The second kappa shape index (κ2) is 7.93. The summed E-state index contributed by atoms with van der Waals surface area (Å²) in [7, 11) is 0. The zero-order valence-corrected chi connectivity index (χ0v) is 14.2. The van der Waals surface area contributed by atoms with Gasteiger partial charge in [0.05, 0.1) is 11.6 Å². The fourth-order valence-corrected chi connectivity index (χ4v) is 3.07. The molecule has 0 radical (unpaired) electrons. The summed E-state index contributed by atoms with van der Waals surface area (Å²) in [4.78, 5) is 12.0. The first-order valence-electron chi connectivity index (χ1n) is 7.88. The van der Waals surface area contributed by atoms with E-state index in [9.17, 15) is 4.79 Å². The number of carbonyl (C=O) groups is 1. The van der Waals surface area contributed by atoms with E-state index in [1.165, 1.54) is 12.8 Å². The third-order valence-electron chi connectivity index (χ3n) is 4.59. The second-order valence-electron chi connectivity index (χ2n) is 6.12. The van der Waals surface area contributed by atoms with Gasteiger partial charge in [0.15, 0.2) is 5.11 Å². The van der Waals surface area contributed by atoms with Gasteiger partial charge in [0.1, 0.15) is 0 Å². The van der Waals surface area contributed by atoms with Gasteiger partial charge in [-0.1, -0.05) is 26.7 Å². The van der Waals surface area contributed by atoms with Crippen molar-refractivity contribution in [3.05, 3.63) is 35.4 Å². The SMILES string of the molecule is C[C@@H]1[C@@H](C)CCC[C@H]1NC(=S)NNC(=O)c1ccc(C#N)cc1. The van der Waals surface area contributed by atoms with Crippen LogP contribution in [0, 0.1) is 23.2 Å². The smallest absolute Gasteiger partial charge is 0.269 e. The monoisotopic (exact) mass is 330 g/mol. The molecule has 0 heterocycles. The van der Waals surface area contributed by atoms with Gasteiger partial charge in [0, 0.05) is 11.6 Å². The molecule has 3 atom stereocenters. The molecular formula is C17H22N4OS. The van der Waals surface area contributed by atoms with Crippen LogP contribution in [-0.2, 0) is 0 Å². The van der Waals surface area contributed by atoms with Crippen LogP contribution in [0.2, 0.25) is 0 Å². The maximum Gasteiger partial charge on any atom is 0.269 e. The standard InChI is InChI=1S/C17H22N4OS/c1-11-4-3-5-15(12(11)2)19-17(23)21-20-16(22)14-8-6-13(10-18)7-9-14/h6-9,11-12,15H,3-5H2,1-2H3,(H,20,22)(H2,19,21,23)/t11-,12+,15+/m0/s1. The Kier molecular flexibility index (Phi) is 5.94. The molecule has 0 unspecified atom stereocenters. The van der Waals surface area contributed by atoms with Crippen LogP contribution >= 0.6 is 12.2 Å². The maximum absolute atomic E-state index is 12.0. The average Bonchev–Trinajstić information content (AvgIpc) is 2.57. The number of benzene rings is 1. The maximum atomic E-state index is 12.0. The van der Waals surface area contributed by atoms with Crippen molar-refractivity contribution in [3.8, 4) is 6.07 Å². The van der Waals surface area contributed by atoms with E-state index in [0.717, 1.165) is 6.42 Å². The molecule has 0 aromatic heterocycles. The number of rotatable bonds is 2. The highest BCUT2D eigenvalue weighted by atomic mass is 32.1. The van der Waals surface area contributed by atoms with Crippen molar-refractivity contribution in [1.29, 1.82) is 5.26 Å². The normalized spacial score (nSPS) is 23.4. The number of thiocarbonyl (C=S) groups is 1. The van der Waals surface area contributed by atoms with Crippen molar-refractivity contribution in [2.45, 2.75) is 39.2 Å². The summed E-state index contributed by atoms with van der Waals surface area (Å²) in [6, 6.07) is 8.79. The molecule has 0 saturated heterocycles. The Balaban J connectivity index is 1.81. The van der Waals surface area contributed by atoms with Crippen LogP contribution in [-0.4, -0.2) is 17.1 Å². The molecule has 1 aromatic rings. The molecule has 0 bridgehead atoms. The van der Waals surface area contributed by atoms with Gasteiger partial charge in [-0.25, -0.2) is 0 Å². The Morgan fingerprint density at radius 2 is 1.91 bits per heavy atom. The first-order valence-corrected chi connectivity index (χ1v) is 8.29. The summed E-state index contributed by atoms with van der Waals surface area (Å²) in [6.07, 6.45) is 3.55. The molecule has 1 aliphatic rings. The zero-order chi connectivity index (χ0) is 16.8. The first kappa shape index (κ1) is 17.2. The van der Waals surface area contributed by atoms with Crippen LogP contribution in [0.25, 0.3) is 0 Å². The summed E-state index contributed by atoms with van der Waals surface area (Å²) < 4.78 is 0. The molecule has 122 valence electrons. The third-order valence-corrected chi connectivity index (χ3v) is 4.81. The fraction of sp³-hybridized carbons (Fsp3) is 0.471. The number of hydrogen-bond acceptors (Lipinski definition) is 3. The lowest BCUT2D eigenvalue weighted by Gasteiger charge is -2.35. The molecule has 5 nitrogen and oxygen atoms in total. The van der Waals surface area contributed by atoms with E-state index in [4.69, 9.17) is 17.5 Å². The van der Waals surface area contributed by atoms with Gasteiger partial charge in [0.25, 0.3) is 5.91 Å². The molecule has 2 rings (SSSR count). The molecular weight excluding hydrogens is 308 g/mol. The molecule has 1 amide bonds. The summed E-state index contributed by atoms with van der Waals surface area (Å²) >= 11 is 5.25. The number of nitrogens with one attached hydrogen (secondary N) is 3. The molecule has 0 aliphatic heterocycles. The Morgan fingerprint density at radius 1 is 1.22 bits per heavy atom. The van der Waals surface area contributed by atoms with Crippen molar-refractivity contribution in [2.24, 2.45) is 11.8 Å². The fourth-order valence-electron chi connectivity index (χ4n) is 2.87. The molecule has 23 heavy (non-hydrogen) atoms.